The molecule has 5 heteroatoms. The molecule has 0 aliphatic rings. The Kier molecular flexibility index (Phi) is 3.63. The number of rotatable bonds is 2. The lowest BCUT2D eigenvalue weighted by Gasteiger charge is -2.24. The van der Waals surface area contributed by atoms with Crippen LogP contribution >= 0.6 is 11.6 Å². The van der Waals surface area contributed by atoms with Crippen molar-refractivity contribution < 1.29 is 4.39 Å². The van der Waals surface area contributed by atoms with Gasteiger partial charge in [0.2, 0.25) is 0 Å². The molecule has 1 aromatic heterocycles. The van der Waals surface area contributed by atoms with Crippen molar-refractivity contribution in [1.82, 2.24) is 14.8 Å². The molecule has 0 fully saturated rings. The molecule has 0 saturated heterocycles. The van der Waals surface area contributed by atoms with Crippen molar-refractivity contribution in [2.75, 3.05) is 0 Å². The summed E-state index contributed by atoms with van der Waals surface area (Å²) in [6.07, 6.45) is 0. The van der Waals surface area contributed by atoms with Gasteiger partial charge in [0.1, 0.15) is 11.6 Å². The van der Waals surface area contributed by atoms with Gasteiger partial charge in [0.05, 0.1) is 5.88 Å². The maximum Gasteiger partial charge on any atom is 0.164 e. The Morgan fingerprint density at radius 1 is 1.26 bits per heavy atom. The molecule has 19 heavy (non-hydrogen) atoms. The molecule has 0 unspecified atom stereocenters. The highest BCUT2D eigenvalue weighted by molar-refractivity contribution is 6.16. The Hall–Kier alpha value is -1.42. The summed E-state index contributed by atoms with van der Waals surface area (Å²) in [7, 11) is 0. The van der Waals surface area contributed by atoms with Gasteiger partial charge in [-0.25, -0.2) is 4.39 Å². The van der Waals surface area contributed by atoms with Crippen LogP contribution in [0.25, 0.3) is 11.4 Å². The van der Waals surface area contributed by atoms with Gasteiger partial charge < -0.3 is 4.57 Å². The number of benzene rings is 1. The fourth-order valence-corrected chi connectivity index (χ4v) is 2.20. The third-order valence-electron chi connectivity index (χ3n) is 2.95. The number of hydrogen-bond acceptors (Lipinski definition) is 2. The van der Waals surface area contributed by atoms with Gasteiger partial charge in [0, 0.05) is 11.1 Å². The van der Waals surface area contributed by atoms with Crippen LogP contribution in [-0.4, -0.2) is 14.8 Å². The van der Waals surface area contributed by atoms with Gasteiger partial charge in [-0.1, -0.05) is 12.1 Å². The summed E-state index contributed by atoms with van der Waals surface area (Å²) in [5.74, 6) is 1.36. The van der Waals surface area contributed by atoms with E-state index in [0.29, 0.717) is 22.8 Å². The molecule has 0 bridgehead atoms. The van der Waals surface area contributed by atoms with Gasteiger partial charge in [-0.15, -0.1) is 21.8 Å². The molecule has 0 aliphatic carbocycles. The SMILES string of the molecule is Cc1ccc(-c2nnc(CCl)n2C(C)(C)C)cc1F. The molecule has 0 N–H and O–H groups in total. The normalized spacial score (nSPS) is 11.9. The van der Waals surface area contributed by atoms with Crippen molar-refractivity contribution in [3.8, 4) is 11.4 Å². The highest BCUT2D eigenvalue weighted by Crippen LogP contribution is 2.27. The summed E-state index contributed by atoms with van der Waals surface area (Å²) in [5.41, 5.74) is 1.11. The van der Waals surface area contributed by atoms with Crippen LogP contribution in [0.3, 0.4) is 0 Å². The molecular weight excluding hydrogens is 265 g/mol. The van der Waals surface area contributed by atoms with Crippen molar-refractivity contribution in [3.05, 3.63) is 35.4 Å². The van der Waals surface area contributed by atoms with E-state index in [1.165, 1.54) is 6.07 Å². The molecule has 1 heterocycles. The Morgan fingerprint density at radius 3 is 2.47 bits per heavy atom. The summed E-state index contributed by atoms with van der Waals surface area (Å²) in [5, 5.41) is 8.24. The second-order valence-corrected chi connectivity index (χ2v) is 5.81. The molecule has 0 spiro atoms. The summed E-state index contributed by atoms with van der Waals surface area (Å²) >= 11 is 5.90. The monoisotopic (exact) mass is 281 g/mol. The highest BCUT2D eigenvalue weighted by Gasteiger charge is 2.23. The number of nitrogens with zero attached hydrogens (tertiary/aromatic N) is 3. The Labute approximate surface area is 117 Å². The average molecular weight is 282 g/mol. The van der Waals surface area contributed by atoms with Crippen molar-refractivity contribution in [2.45, 2.75) is 39.1 Å². The molecule has 0 atom stereocenters. The lowest BCUT2D eigenvalue weighted by atomic mass is 10.1. The smallest absolute Gasteiger partial charge is 0.164 e. The summed E-state index contributed by atoms with van der Waals surface area (Å²) < 4.78 is 15.6. The molecule has 0 aliphatic heterocycles. The van der Waals surface area contributed by atoms with Crippen LogP contribution in [0.2, 0.25) is 0 Å². The third kappa shape index (κ3) is 2.63. The predicted molar refractivity (Wildman–Crippen MR) is 74.7 cm³/mol. The molecule has 0 radical (unpaired) electrons. The standard InChI is InChI=1S/C14H17ClFN3/c1-9-5-6-10(7-11(9)16)13-18-17-12(8-15)19(13)14(2,3)4/h5-7H,8H2,1-4H3. The first-order chi connectivity index (χ1) is 8.84. The van der Waals surface area contributed by atoms with Gasteiger partial charge in [-0.05, 0) is 39.3 Å². The van der Waals surface area contributed by atoms with Crippen LogP contribution in [-0.2, 0) is 11.4 Å². The zero-order chi connectivity index (χ0) is 14.2. The van der Waals surface area contributed by atoms with Crippen molar-refractivity contribution in [1.29, 1.82) is 0 Å². The van der Waals surface area contributed by atoms with E-state index in [-0.39, 0.29) is 17.2 Å². The fourth-order valence-electron chi connectivity index (χ4n) is 2.03. The molecule has 2 aromatic rings. The molecule has 0 amide bonds. The third-order valence-corrected chi connectivity index (χ3v) is 3.19. The Balaban J connectivity index is 2.62. The van der Waals surface area contributed by atoms with E-state index >= 15 is 0 Å². The zero-order valence-electron chi connectivity index (χ0n) is 11.5. The molecule has 3 nitrogen and oxygen atoms in total. The van der Waals surface area contributed by atoms with Gasteiger partial charge >= 0.3 is 0 Å². The summed E-state index contributed by atoms with van der Waals surface area (Å²) in [6.45, 7) is 7.86. The minimum atomic E-state index is -0.242. The predicted octanol–water partition coefficient (Wildman–Crippen LogP) is 3.89. The minimum Gasteiger partial charge on any atom is -0.305 e. The van der Waals surface area contributed by atoms with E-state index in [1.54, 1.807) is 13.0 Å². The Morgan fingerprint density at radius 2 is 1.95 bits per heavy atom. The van der Waals surface area contributed by atoms with E-state index < -0.39 is 0 Å². The van der Waals surface area contributed by atoms with E-state index in [1.807, 2.05) is 31.4 Å². The highest BCUT2D eigenvalue weighted by atomic mass is 35.5. The summed E-state index contributed by atoms with van der Waals surface area (Å²) in [4.78, 5) is 0. The Bertz CT molecular complexity index is 599. The lowest BCUT2D eigenvalue weighted by molar-refractivity contribution is 0.390. The maximum atomic E-state index is 13.7. The quantitative estimate of drug-likeness (QED) is 0.782. The first-order valence-corrected chi connectivity index (χ1v) is 6.65. The van der Waals surface area contributed by atoms with E-state index in [2.05, 4.69) is 10.2 Å². The zero-order valence-corrected chi connectivity index (χ0v) is 12.3. The van der Waals surface area contributed by atoms with Crippen LogP contribution in [0.5, 0.6) is 0 Å². The molecule has 2 rings (SSSR count). The first-order valence-electron chi connectivity index (χ1n) is 6.12. The number of alkyl halides is 1. The number of aryl methyl sites for hydroxylation is 1. The number of halogens is 2. The van der Waals surface area contributed by atoms with Gasteiger partial charge in [0.25, 0.3) is 0 Å². The van der Waals surface area contributed by atoms with E-state index in [4.69, 9.17) is 11.6 Å². The van der Waals surface area contributed by atoms with Gasteiger partial charge in [-0.2, -0.15) is 0 Å². The van der Waals surface area contributed by atoms with Crippen LogP contribution < -0.4 is 0 Å². The van der Waals surface area contributed by atoms with Crippen molar-refractivity contribution in [2.24, 2.45) is 0 Å². The fraction of sp³-hybridized carbons (Fsp3) is 0.429. The minimum absolute atomic E-state index is 0.218. The van der Waals surface area contributed by atoms with Gasteiger partial charge in [-0.3, -0.25) is 0 Å². The van der Waals surface area contributed by atoms with Crippen LogP contribution in [0.15, 0.2) is 18.2 Å². The number of aromatic nitrogens is 3. The van der Waals surface area contributed by atoms with Crippen molar-refractivity contribution >= 4 is 11.6 Å². The number of hydrogen-bond donors (Lipinski definition) is 0. The van der Waals surface area contributed by atoms with Crippen LogP contribution in [0.4, 0.5) is 4.39 Å². The first kappa shape index (κ1) is 14.0. The maximum absolute atomic E-state index is 13.7. The van der Waals surface area contributed by atoms with Crippen LogP contribution in [0, 0.1) is 12.7 Å². The van der Waals surface area contributed by atoms with Gasteiger partial charge in [0.15, 0.2) is 5.82 Å². The topological polar surface area (TPSA) is 30.7 Å². The summed E-state index contributed by atoms with van der Waals surface area (Å²) in [6, 6.07) is 5.08. The van der Waals surface area contributed by atoms with E-state index in [0.717, 1.165) is 0 Å². The van der Waals surface area contributed by atoms with Crippen LogP contribution in [0.1, 0.15) is 32.2 Å². The van der Waals surface area contributed by atoms with Crippen molar-refractivity contribution in [3.63, 3.8) is 0 Å². The second kappa shape index (κ2) is 4.93. The average Bonchev–Trinajstić information content (AvgIpc) is 2.76. The van der Waals surface area contributed by atoms with E-state index in [9.17, 15) is 4.39 Å². The second-order valence-electron chi connectivity index (χ2n) is 5.54. The largest absolute Gasteiger partial charge is 0.305 e. The lowest BCUT2D eigenvalue weighted by Crippen LogP contribution is -2.24. The molecule has 102 valence electrons. The molecule has 0 saturated carbocycles. The molecule has 1 aromatic carbocycles. The molecular formula is C14H17ClFN3.